The summed E-state index contributed by atoms with van der Waals surface area (Å²) < 4.78 is 5.01. The van der Waals surface area contributed by atoms with E-state index in [9.17, 15) is 0 Å². The van der Waals surface area contributed by atoms with Crippen molar-refractivity contribution in [1.82, 2.24) is 5.43 Å². The highest BCUT2D eigenvalue weighted by Crippen LogP contribution is 2.09. The van der Waals surface area contributed by atoms with Crippen LogP contribution in [0, 0.1) is 0 Å². The molecule has 0 spiro atoms. The molecule has 0 aromatic carbocycles. The average molecular weight is 214 g/mol. The van der Waals surface area contributed by atoms with E-state index in [0.29, 0.717) is 6.04 Å². The van der Waals surface area contributed by atoms with E-state index in [1.54, 1.807) is 7.11 Å². The van der Waals surface area contributed by atoms with Gasteiger partial charge in [-0.15, -0.1) is 6.58 Å². The monoisotopic (exact) mass is 214 g/mol. The molecule has 0 bridgehead atoms. The summed E-state index contributed by atoms with van der Waals surface area (Å²) >= 11 is 0. The molecule has 1 atom stereocenters. The van der Waals surface area contributed by atoms with Gasteiger partial charge in [0.05, 0.1) is 0 Å². The Hall–Kier alpha value is -0.380. The van der Waals surface area contributed by atoms with Crippen LogP contribution in [0.25, 0.3) is 0 Å². The van der Waals surface area contributed by atoms with Crippen molar-refractivity contribution in [2.24, 2.45) is 5.84 Å². The van der Waals surface area contributed by atoms with Gasteiger partial charge < -0.3 is 4.74 Å². The predicted molar refractivity (Wildman–Crippen MR) is 65.5 cm³/mol. The summed E-state index contributed by atoms with van der Waals surface area (Å²) in [5, 5.41) is 0. The zero-order chi connectivity index (χ0) is 11.4. The molecule has 0 aliphatic carbocycles. The van der Waals surface area contributed by atoms with E-state index < -0.39 is 0 Å². The number of hydrogen-bond donors (Lipinski definition) is 2. The molecule has 0 heterocycles. The van der Waals surface area contributed by atoms with Gasteiger partial charge in [0.1, 0.15) is 0 Å². The van der Waals surface area contributed by atoms with Gasteiger partial charge >= 0.3 is 0 Å². The lowest BCUT2D eigenvalue weighted by Gasteiger charge is -2.15. The fourth-order valence-corrected chi connectivity index (χ4v) is 1.64. The maximum absolute atomic E-state index is 5.49. The second-order valence-corrected chi connectivity index (χ2v) is 3.93. The Morgan fingerprint density at radius 3 is 2.60 bits per heavy atom. The molecule has 0 fully saturated rings. The number of ether oxygens (including phenoxy) is 1. The van der Waals surface area contributed by atoms with Gasteiger partial charge in [0.2, 0.25) is 0 Å². The first-order valence-corrected chi connectivity index (χ1v) is 5.91. The predicted octanol–water partition coefficient (Wildman–Crippen LogP) is 2.38. The zero-order valence-electron chi connectivity index (χ0n) is 10.0. The van der Waals surface area contributed by atoms with Crippen LogP contribution < -0.4 is 11.3 Å². The highest BCUT2D eigenvalue weighted by atomic mass is 16.5. The summed E-state index contributed by atoms with van der Waals surface area (Å²) in [6.45, 7) is 4.54. The molecule has 0 aromatic rings. The molecule has 3 heteroatoms. The summed E-state index contributed by atoms with van der Waals surface area (Å²) in [5.41, 5.74) is 2.88. The first kappa shape index (κ1) is 14.6. The van der Waals surface area contributed by atoms with Gasteiger partial charge in [-0.3, -0.25) is 11.3 Å². The van der Waals surface area contributed by atoms with Crippen molar-refractivity contribution in [3.05, 3.63) is 12.7 Å². The van der Waals surface area contributed by atoms with Crippen molar-refractivity contribution < 1.29 is 4.74 Å². The number of methoxy groups -OCH3 is 1. The van der Waals surface area contributed by atoms with Crippen molar-refractivity contribution in [2.75, 3.05) is 13.7 Å². The smallest absolute Gasteiger partial charge is 0.0462 e. The van der Waals surface area contributed by atoms with Crippen LogP contribution in [-0.2, 0) is 4.74 Å². The zero-order valence-corrected chi connectivity index (χ0v) is 10.0. The van der Waals surface area contributed by atoms with Gasteiger partial charge in [-0.05, 0) is 32.1 Å². The van der Waals surface area contributed by atoms with Gasteiger partial charge in [-0.25, -0.2) is 0 Å². The maximum atomic E-state index is 5.49. The van der Waals surface area contributed by atoms with Gasteiger partial charge in [0.15, 0.2) is 0 Å². The fraction of sp³-hybridized carbons (Fsp3) is 0.833. The first-order valence-electron chi connectivity index (χ1n) is 5.91. The highest BCUT2D eigenvalue weighted by Gasteiger charge is 2.05. The number of allylic oxidation sites excluding steroid dienone is 1. The van der Waals surface area contributed by atoms with Gasteiger partial charge in [-0.1, -0.05) is 18.9 Å². The number of nitrogens with one attached hydrogen (secondary N) is 1. The molecule has 90 valence electrons. The summed E-state index contributed by atoms with van der Waals surface area (Å²) in [6.07, 6.45) is 10.2. The van der Waals surface area contributed by atoms with Crippen LogP contribution in [0.2, 0.25) is 0 Å². The Balaban J connectivity index is 3.31. The molecular formula is C12H26N2O. The van der Waals surface area contributed by atoms with Crippen LogP contribution in [0.15, 0.2) is 12.7 Å². The van der Waals surface area contributed by atoms with Crippen molar-refractivity contribution in [3.8, 4) is 0 Å². The largest absolute Gasteiger partial charge is 0.385 e. The average Bonchev–Trinajstić information content (AvgIpc) is 2.26. The minimum Gasteiger partial charge on any atom is -0.385 e. The maximum Gasteiger partial charge on any atom is 0.0462 e. The molecule has 1 unspecified atom stereocenters. The van der Waals surface area contributed by atoms with Gasteiger partial charge in [-0.2, -0.15) is 0 Å². The molecule has 3 nitrogen and oxygen atoms in total. The van der Waals surface area contributed by atoms with E-state index in [0.717, 1.165) is 32.3 Å². The lowest BCUT2D eigenvalue weighted by Crippen LogP contribution is -2.35. The van der Waals surface area contributed by atoms with E-state index in [2.05, 4.69) is 12.0 Å². The Morgan fingerprint density at radius 2 is 2.00 bits per heavy atom. The standard InChI is InChI=1S/C12H26N2O/c1-3-4-5-6-7-9-12(14-13)10-8-11-15-2/h3,12,14H,1,4-11,13H2,2H3. The molecule has 0 radical (unpaired) electrons. The van der Waals surface area contributed by atoms with Crippen LogP contribution in [-0.4, -0.2) is 19.8 Å². The third-order valence-electron chi connectivity index (χ3n) is 2.60. The van der Waals surface area contributed by atoms with Crippen LogP contribution in [0.1, 0.15) is 44.9 Å². The van der Waals surface area contributed by atoms with Crippen LogP contribution >= 0.6 is 0 Å². The van der Waals surface area contributed by atoms with Crippen LogP contribution in [0.3, 0.4) is 0 Å². The lowest BCUT2D eigenvalue weighted by molar-refractivity contribution is 0.188. The molecule has 0 saturated heterocycles. The Kier molecular flexibility index (Phi) is 11.4. The van der Waals surface area contributed by atoms with E-state index in [-0.39, 0.29) is 0 Å². The van der Waals surface area contributed by atoms with E-state index in [1.165, 1.54) is 19.3 Å². The SMILES string of the molecule is C=CCCCCCC(CCCOC)NN. The molecule has 0 saturated carbocycles. The minimum absolute atomic E-state index is 0.448. The number of hydrogen-bond acceptors (Lipinski definition) is 3. The van der Waals surface area contributed by atoms with Crippen LogP contribution in [0.4, 0.5) is 0 Å². The normalized spacial score (nSPS) is 12.7. The summed E-state index contributed by atoms with van der Waals surface area (Å²) in [6, 6.07) is 0.448. The second-order valence-electron chi connectivity index (χ2n) is 3.93. The molecule has 0 aliphatic rings. The molecule has 0 aromatic heterocycles. The Morgan fingerprint density at radius 1 is 1.27 bits per heavy atom. The van der Waals surface area contributed by atoms with E-state index >= 15 is 0 Å². The Bertz CT molecular complexity index is 140. The summed E-state index contributed by atoms with van der Waals surface area (Å²) in [7, 11) is 1.74. The summed E-state index contributed by atoms with van der Waals surface area (Å²) in [5.74, 6) is 5.49. The molecule has 3 N–H and O–H groups in total. The molecular weight excluding hydrogens is 188 g/mol. The van der Waals surface area contributed by atoms with E-state index in [4.69, 9.17) is 10.6 Å². The lowest BCUT2D eigenvalue weighted by atomic mass is 10.0. The Labute approximate surface area is 94.0 Å². The third kappa shape index (κ3) is 9.91. The van der Waals surface area contributed by atoms with Crippen molar-refractivity contribution in [3.63, 3.8) is 0 Å². The highest BCUT2D eigenvalue weighted by molar-refractivity contribution is 4.67. The van der Waals surface area contributed by atoms with Gasteiger partial charge in [0, 0.05) is 19.8 Å². The van der Waals surface area contributed by atoms with Crippen molar-refractivity contribution in [1.29, 1.82) is 0 Å². The van der Waals surface area contributed by atoms with E-state index in [1.807, 2.05) is 6.08 Å². The topological polar surface area (TPSA) is 47.3 Å². The molecule has 15 heavy (non-hydrogen) atoms. The second kappa shape index (κ2) is 11.7. The number of unbranched alkanes of at least 4 members (excludes halogenated alkanes) is 3. The third-order valence-corrected chi connectivity index (χ3v) is 2.60. The minimum atomic E-state index is 0.448. The van der Waals surface area contributed by atoms with Crippen molar-refractivity contribution >= 4 is 0 Å². The quantitative estimate of drug-likeness (QED) is 0.240. The number of hydrazine groups is 1. The molecule has 0 aliphatic heterocycles. The van der Waals surface area contributed by atoms with Crippen LogP contribution in [0.5, 0.6) is 0 Å². The molecule has 0 rings (SSSR count). The van der Waals surface area contributed by atoms with Crippen molar-refractivity contribution in [2.45, 2.75) is 51.0 Å². The van der Waals surface area contributed by atoms with Gasteiger partial charge in [0.25, 0.3) is 0 Å². The number of nitrogens with two attached hydrogens (primary N) is 1. The first-order chi connectivity index (χ1) is 7.35. The fourth-order valence-electron chi connectivity index (χ4n) is 1.64. The molecule has 0 amide bonds. The summed E-state index contributed by atoms with van der Waals surface area (Å²) in [4.78, 5) is 0. The number of rotatable bonds is 11.